The van der Waals surface area contributed by atoms with Crippen LogP contribution in [0.3, 0.4) is 0 Å². The Balaban J connectivity index is 1.44. The number of para-hydroxylation sites is 4. The maximum atomic E-state index is 3.70. The van der Waals surface area contributed by atoms with Crippen LogP contribution in [-0.2, 0) is 0 Å². The van der Waals surface area contributed by atoms with Crippen molar-refractivity contribution in [1.82, 2.24) is 0 Å². The van der Waals surface area contributed by atoms with E-state index in [4.69, 9.17) is 0 Å². The Morgan fingerprint density at radius 3 is 2.03 bits per heavy atom. The monoisotopic (exact) mass is 462 g/mol. The van der Waals surface area contributed by atoms with Crippen molar-refractivity contribution in [2.75, 3.05) is 9.88 Å². The number of nitrogens with zero attached hydrogens (tertiary/aromatic N) is 1. The highest BCUT2D eigenvalue weighted by Crippen LogP contribution is 2.59. The van der Waals surface area contributed by atoms with Gasteiger partial charge in [0, 0.05) is 5.92 Å². The molecular formula is C31H34N2Si. The number of anilines is 4. The van der Waals surface area contributed by atoms with Gasteiger partial charge in [0.05, 0.1) is 22.7 Å². The first-order chi connectivity index (χ1) is 16.6. The molecule has 1 saturated carbocycles. The van der Waals surface area contributed by atoms with Gasteiger partial charge in [-0.05, 0) is 59.5 Å². The van der Waals surface area contributed by atoms with Crippen LogP contribution in [0.25, 0.3) is 0 Å². The number of fused-ring (bicyclic) bond motifs is 3. The fourth-order valence-corrected chi connectivity index (χ4v) is 12.1. The molecule has 3 aromatic carbocycles. The van der Waals surface area contributed by atoms with Gasteiger partial charge in [-0.1, -0.05) is 98.9 Å². The van der Waals surface area contributed by atoms with Gasteiger partial charge in [-0.3, -0.25) is 0 Å². The van der Waals surface area contributed by atoms with Crippen molar-refractivity contribution in [3.8, 4) is 0 Å². The molecule has 3 aliphatic rings. The van der Waals surface area contributed by atoms with Crippen molar-refractivity contribution >= 4 is 31.0 Å². The van der Waals surface area contributed by atoms with Crippen LogP contribution in [-0.4, -0.2) is 8.24 Å². The maximum Gasteiger partial charge on any atom is 0.160 e. The Labute approximate surface area is 205 Å². The summed E-state index contributed by atoms with van der Waals surface area (Å²) in [4.78, 5) is 0. The number of hydrogen-bond acceptors (Lipinski definition) is 2. The zero-order chi connectivity index (χ0) is 23.3. The average Bonchev–Trinajstić information content (AvgIpc) is 3.06. The third kappa shape index (κ3) is 3.37. The zero-order valence-electron chi connectivity index (χ0n) is 20.4. The molecular weight excluding hydrogens is 428 g/mol. The molecule has 34 heavy (non-hydrogen) atoms. The van der Waals surface area contributed by atoms with Gasteiger partial charge in [-0.2, -0.15) is 0 Å². The van der Waals surface area contributed by atoms with E-state index in [1.165, 1.54) is 34.7 Å². The fraction of sp³-hybridized carbons (Fsp3) is 0.290. The smallest absolute Gasteiger partial charge is 0.160 e. The van der Waals surface area contributed by atoms with Crippen LogP contribution in [0.5, 0.6) is 0 Å². The predicted octanol–water partition coefficient (Wildman–Crippen LogP) is 8.64. The van der Waals surface area contributed by atoms with Crippen molar-refractivity contribution in [1.29, 1.82) is 0 Å². The highest BCUT2D eigenvalue weighted by atomic mass is 28.3. The largest absolute Gasteiger partial charge is 0.366 e. The average molecular weight is 463 g/mol. The summed E-state index contributed by atoms with van der Waals surface area (Å²) in [5.41, 5.74) is 7.25. The molecule has 1 heterocycles. The summed E-state index contributed by atoms with van der Waals surface area (Å²) < 4.78 is 2.77. The van der Waals surface area contributed by atoms with Crippen LogP contribution in [0.2, 0.25) is 18.6 Å². The summed E-state index contributed by atoms with van der Waals surface area (Å²) in [5, 5.41) is 3.70. The van der Waals surface area contributed by atoms with E-state index in [-0.39, 0.29) is 0 Å². The quantitative estimate of drug-likeness (QED) is 0.392. The summed E-state index contributed by atoms with van der Waals surface area (Å²) in [6.07, 6.45) is 10.9. The van der Waals surface area contributed by atoms with E-state index in [2.05, 4.69) is 133 Å². The lowest BCUT2D eigenvalue weighted by atomic mass is 9.80. The van der Waals surface area contributed by atoms with Gasteiger partial charge >= 0.3 is 0 Å². The summed E-state index contributed by atoms with van der Waals surface area (Å²) in [6.45, 7) is 7.74. The van der Waals surface area contributed by atoms with Crippen LogP contribution in [0.4, 0.5) is 22.7 Å². The van der Waals surface area contributed by atoms with Crippen LogP contribution in [0.1, 0.15) is 24.8 Å². The van der Waals surface area contributed by atoms with Gasteiger partial charge in [0.2, 0.25) is 0 Å². The van der Waals surface area contributed by atoms with E-state index in [1.54, 1.807) is 0 Å². The van der Waals surface area contributed by atoms with Crippen molar-refractivity contribution in [3.63, 3.8) is 0 Å². The molecule has 0 amide bonds. The molecule has 1 aliphatic heterocycles. The van der Waals surface area contributed by atoms with Crippen molar-refractivity contribution < 1.29 is 0 Å². The molecule has 2 unspecified atom stereocenters. The second kappa shape index (κ2) is 8.32. The standard InChI is InChI=1S/C31H34N2Si/c1-22-21-26-24(23-13-5-4-6-14-23)15-7-8-16-25(26)31(22)34(2,3)33-29-19-11-9-17-27(29)32-28-18-10-12-20-30(28)33/h4-20,22,24-26,31-32H,21H2,1-3H3/t22-,24?,25+,26-,31?/m1/s1. The fourth-order valence-electron chi connectivity index (χ4n) is 7.34. The second-order valence-electron chi connectivity index (χ2n) is 10.8. The van der Waals surface area contributed by atoms with Crippen LogP contribution in [0.15, 0.2) is 103 Å². The van der Waals surface area contributed by atoms with E-state index >= 15 is 0 Å². The van der Waals surface area contributed by atoms with E-state index in [0.29, 0.717) is 29.2 Å². The Morgan fingerprint density at radius 2 is 1.35 bits per heavy atom. The first kappa shape index (κ1) is 21.5. The number of hydrogen-bond donors (Lipinski definition) is 1. The minimum Gasteiger partial charge on any atom is -0.366 e. The zero-order valence-corrected chi connectivity index (χ0v) is 21.4. The topological polar surface area (TPSA) is 15.3 Å². The Morgan fingerprint density at radius 1 is 0.765 bits per heavy atom. The summed E-state index contributed by atoms with van der Waals surface area (Å²) in [5.74, 6) is 2.41. The van der Waals surface area contributed by atoms with Crippen LogP contribution in [0, 0.1) is 17.8 Å². The van der Waals surface area contributed by atoms with Crippen molar-refractivity contribution in [2.24, 2.45) is 17.8 Å². The molecule has 3 aromatic rings. The molecule has 0 bridgehead atoms. The molecule has 172 valence electrons. The molecule has 2 aliphatic carbocycles. The van der Waals surface area contributed by atoms with Gasteiger partial charge in [-0.15, -0.1) is 0 Å². The molecule has 0 spiro atoms. The molecule has 2 nitrogen and oxygen atoms in total. The lowest BCUT2D eigenvalue weighted by Gasteiger charge is -2.49. The summed E-state index contributed by atoms with van der Waals surface area (Å²) >= 11 is 0. The van der Waals surface area contributed by atoms with E-state index in [0.717, 1.165) is 0 Å². The molecule has 6 rings (SSSR count). The number of rotatable bonds is 3. The lowest BCUT2D eigenvalue weighted by Crippen LogP contribution is -2.53. The van der Waals surface area contributed by atoms with Gasteiger partial charge < -0.3 is 9.88 Å². The first-order valence-corrected chi connectivity index (χ1v) is 15.7. The third-order valence-corrected chi connectivity index (χ3v) is 12.7. The van der Waals surface area contributed by atoms with Gasteiger partial charge in [-0.25, -0.2) is 0 Å². The van der Waals surface area contributed by atoms with Gasteiger partial charge in [0.15, 0.2) is 8.24 Å². The Kier molecular flexibility index (Phi) is 5.26. The SMILES string of the molecule is C[C@@H]1C[C@@H]2C(c3ccccc3)C=CC=C[C@@H]2C1[Si](C)(C)N1c2ccccc2Nc2ccccc21. The summed E-state index contributed by atoms with van der Waals surface area (Å²) in [7, 11) is -1.98. The predicted molar refractivity (Wildman–Crippen MR) is 148 cm³/mol. The maximum absolute atomic E-state index is 3.70. The number of allylic oxidation sites excluding steroid dienone is 4. The van der Waals surface area contributed by atoms with Gasteiger partial charge in [0.25, 0.3) is 0 Å². The second-order valence-corrected chi connectivity index (χ2v) is 15.3. The van der Waals surface area contributed by atoms with E-state index in [1.807, 2.05) is 0 Å². The van der Waals surface area contributed by atoms with E-state index < -0.39 is 8.24 Å². The highest BCUT2D eigenvalue weighted by molar-refractivity contribution is 6.84. The molecule has 0 radical (unpaired) electrons. The van der Waals surface area contributed by atoms with Crippen LogP contribution < -0.4 is 9.88 Å². The summed E-state index contributed by atoms with van der Waals surface area (Å²) in [6, 6.07) is 28.9. The third-order valence-electron chi connectivity index (χ3n) is 8.53. The molecule has 1 N–H and O–H groups in total. The number of benzene rings is 3. The first-order valence-electron chi connectivity index (χ1n) is 12.7. The number of nitrogens with one attached hydrogen (secondary N) is 1. The minimum atomic E-state index is -1.98. The molecule has 3 heteroatoms. The minimum absolute atomic E-state index is 0.487. The van der Waals surface area contributed by atoms with Gasteiger partial charge in [0.1, 0.15) is 0 Å². The Bertz CT molecular complexity index is 1200. The molecule has 0 aromatic heterocycles. The molecule has 5 atom stereocenters. The molecule has 0 saturated heterocycles. The van der Waals surface area contributed by atoms with E-state index in [9.17, 15) is 0 Å². The Hall–Kier alpha value is -3.04. The molecule has 1 fully saturated rings. The van der Waals surface area contributed by atoms with Crippen LogP contribution >= 0.6 is 0 Å². The lowest BCUT2D eigenvalue weighted by molar-refractivity contribution is 0.414. The van der Waals surface area contributed by atoms with Crippen molar-refractivity contribution in [3.05, 3.63) is 109 Å². The highest BCUT2D eigenvalue weighted by Gasteiger charge is 2.54. The normalized spacial score (nSPS) is 27.4. The van der Waals surface area contributed by atoms with Crippen molar-refractivity contribution in [2.45, 2.75) is 37.9 Å².